The number of carboxylic acids is 1. The van der Waals surface area contributed by atoms with Crippen molar-refractivity contribution in [2.24, 2.45) is 5.73 Å². The number of benzene rings is 1. The highest BCUT2D eigenvalue weighted by Crippen LogP contribution is 2.39. The summed E-state index contributed by atoms with van der Waals surface area (Å²) in [5.74, 6) is -1.25. The van der Waals surface area contributed by atoms with Gasteiger partial charge >= 0.3 is 5.97 Å². The maximum absolute atomic E-state index is 12.2. The van der Waals surface area contributed by atoms with Crippen molar-refractivity contribution in [2.45, 2.75) is 25.4 Å². The Morgan fingerprint density at radius 1 is 1.21 bits per heavy atom. The maximum atomic E-state index is 12.2. The van der Waals surface area contributed by atoms with Gasteiger partial charge in [0.15, 0.2) is 12.7 Å². The number of primary amides is 1. The lowest BCUT2D eigenvalue weighted by Gasteiger charge is -2.14. The van der Waals surface area contributed by atoms with Gasteiger partial charge in [-0.25, -0.2) is 4.79 Å². The topological polar surface area (TPSA) is 103 Å². The number of hydrogen-bond acceptors (Lipinski definition) is 4. The van der Waals surface area contributed by atoms with Crippen LogP contribution < -0.4 is 10.5 Å². The van der Waals surface area contributed by atoms with Crippen molar-refractivity contribution in [3.63, 3.8) is 0 Å². The lowest BCUT2D eigenvalue weighted by Crippen LogP contribution is -2.24. The average molecular weight is 394 g/mol. The number of pyridine rings is 1. The summed E-state index contributed by atoms with van der Waals surface area (Å²) in [6, 6.07) is 13.5. The summed E-state index contributed by atoms with van der Waals surface area (Å²) in [5, 5.41) is 9.04. The zero-order valence-corrected chi connectivity index (χ0v) is 15.8. The molecule has 0 bridgehead atoms. The van der Waals surface area contributed by atoms with Gasteiger partial charge in [-0.2, -0.15) is 0 Å². The second-order valence-electron chi connectivity index (χ2n) is 7.03. The van der Waals surface area contributed by atoms with Crippen LogP contribution >= 0.6 is 0 Å². The van der Waals surface area contributed by atoms with E-state index in [4.69, 9.17) is 20.3 Å². The molecule has 1 atom stereocenters. The van der Waals surface area contributed by atoms with Gasteiger partial charge in [0.1, 0.15) is 5.75 Å². The fraction of sp³-hybridized carbons (Fsp3) is 0.273. The van der Waals surface area contributed by atoms with Crippen molar-refractivity contribution in [1.82, 2.24) is 4.40 Å². The molecular weight excluding hydrogens is 372 g/mol. The van der Waals surface area contributed by atoms with E-state index in [-0.39, 0.29) is 0 Å². The molecule has 0 aliphatic carbocycles. The molecule has 1 aliphatic rings. The first-order valence-corrected chi connectivity index (χ1v) is 9.50. The molecule has 3 heterocycles. The molecule has 0 radical (unpaired) electrons. The third kappa shape index (κ3) is 3.69. The van der Waals surface area contributed by atoms with Gasteiger partial charge in [-0.05, 0) is 36.1 Å². The zero-order chi connectivity index (χ0) is 20.4. The number of rotatable bonds is 6. The first-order chi connectivity index (χ1) is 14.1. The average Bonchev–Trinajstić information content (AvgIpc) is 2.87. The van der Waals surface area contributed by atoms with Crippen molar-refractivity contribution in [3.8, 4) is 5.75 Å². The van der Waals surface area contributed by atoms with Crippen LogP contribution in [-0.4, -0.2) is 34.6 Å². The van der Waals surface area contributed by atoms with Crippen molar-refractivity contribution >= 4 is 17.4 Å². The van der Waals surface area contributed by atoms with E-state index in [1.807, 2.05) is 28.8 Å². The number of carbonyl (C=O) groups excluding carboxylic acids is 1. The largest absolute Gasteiger partial charge is 0.480 e. The van der Waals surface area contributed by atoms with Crippen molar-refractivity contribution < 1.29 is 24.2 Å². The number of fused-ring (bicyclic) bond motifs is 3. The molecule has 150 valence electrons. The Bertz CT molecular complexity index is 1060. The molecule has 7 nitrogen and oxygen atoms in total. The van der Waals surface area contributed by atoms with Gasteiger partial charge in [0.25, 0.3) is 5.91 Å². The Morgan fingerprint density at radius 3 is 2.72 bits per heavy atom. The van der Waals surface area contributed by atoms with Gasteiger partial charge < -0.3 is 24.7 Å². The summed E-state index contributed by atoms with van der Waals surface area (Å²) in [6.07, 6.45) is 3.16. The number of nitrogens with zero attached hydrogens (tertiary/aromatic N) is 1. The number of carboxylic acid groups (broad SMARTS) is 1. The molecular formula is C22H22N2O5. The van der Waals surface area contributed by atoms with Crippen LogP contribution in [-0.2, 0) is 27.2 Å². The van der Waals surface area contributed by atoms with Gasteiger partial charge in [0.05, 0.1) is 5.52 Å². The number of aromatic nitrogens is 1. The lowest BCUT2D eigenvalue weighted by atomic mass is 9.97. The summed E-state index contributed by atoms with van der Waals surface area (Å²) in [4.78, 5) is 23.3. The molecule has 29 heavy (non-hydrogen) atoms. The number of ether oxygens (including phenoxy) is 2. The van der Waals surface area contributed by atoms with Gasteiger partial charge in [0.2, 0.25) is 0 Å². The SMILES string of the molecule is NC(=O)C1OCCCc2c1c1c(OCC(=O)O)cccn1c2Cc1ccccc1. The molecule has 0 saturated heterocycles. The fourth-order valence-electron chi connectivity index (χ4n) is 3.98. The molecule has 7 heteroatoms. The minimum absolute atomic E-state index is 0.391. The quantitative estimate of drug-likeness (QED) is 0.669. The summed E-state index contributed by atoms with van der Waals surface area (Å²) < 4.78 is 13.3. The highest BCUT2D eigenvalue weighted by Gasteiger charge is 2.32. The van der Waals surface area contributed by atoms with E-state index in [0.29, 0.717) is 29.9 Å². The van der Waals surface area contributed by atoms with Crippen molar-refractivity contribution in [1.29, 1.82) is 0 Å². The number of nitrogens with two attached hydrogens (primary N) is 1. The molecule has 0 spiro atoms. The van der Waals surface area contributed by atoms with E-state index in [0.717, 1.165) is 29.7 Å². The fourth-order valence-corrected chi connectivity index (χ4v) is 3.98. The summed E-state index contributed by atoms with van der Waals surface area (Å²) in [5.41, 5.74) is 10.2. The predicted octanol–water partition coefficient (Wildman–Crippen LogP) is 2.48. The van der Waals surface area contributed by atoms with E-state index in [1.54, 1.807) is 12.1 Å². The van der Waals surface area contributed by atoms with Gasteiger partial charge in [0, 0.05) is 30.5 Å². The molecule has 1 aliphatic heterocycles. The molecule has 3 aromatic rings. The number of aliphatic carboxylic acids is 1. The van der Waals surface area contributed by atoms with E-state index in [1.165, 1.54) is 0 Å². The standard InChI is InChI=1S/C22H22N2O5/c23-22(27)21-19-15(8-5-11-28-21)16(12-14-6-2-1-3-7-14)24-10-4-9-17(20(19)24)29-13-18(25)26/h1-4,6-7,9-10,21H,5,8,11-13H2,(H2,23,27)(H,25,26). The Kier molecular flexibility index (Phi) is 5.22. The smallest absolute Gasteiger partial charge is 0.341 e. The maximum Gasteiger partial charge on any atom is 0.341 e. The highest BCUT2D eigenvalue weighted by atomic mass is 16.5. The zero-order valence-electron chi connectivity index (χ0n) is 15.8. The molecule has 1 amide bonds. The van der Waals surface area contributed by atoms with Crippen LogP contribution in [0.4, 0.5) is 0 Å². The summed E-state index contributed by atoms with van der Waals surface area (Å²) in [7, 11) is 0. The van der Waals surface area contributed by atoms with Gasteiger partial charge in [-0.1, -0.05) is 30.3 Å². The predicted molar refractivity (Wildman–Crippen MR) is 106 cm³/mol. The van der Waals surface area contributed by atoms with Crippen molar-refractivity contribution in [2.75, 3.05) is 13.2 Å². The number of carbonyl (C=O) groups is 2. The minimum Gasteiger partial charge on any atom is -0.480 e. The molecule has 2 aromatic heterocycles. The molecule has 0 saturated carbocycles. The number of amides is 1. The summed E-state index contributed by atoms with van der Waals surface area (Å²) in [6.45, 7) is -0.0485. The van der Waals surface area contributed by atoms with E-state index >= 15 is 0 Å². The van der Waals surface area contributed by atoms with Crippen LogP contribution in [0.3, 0.4) is 0 Å². The van der Waals surface area contributed by atoms with Crippen LogP contribution in [0, 0.1) is 0 Å². The lowest BCUT2D eigenvalue weighted by molar-refractivity contribution is -0.139. The first kappa shape index (κ1) is 19.0. The Hall–Kier alpha value is -3.32. The molecule has 4 rings (SSSR count). The monoisotopic (exact) mass is 394 g/mol. The van der Waals surface area contributed by atoms with Gasteiger partial charge in [-0.15, -0.1) is 0 Å². The second kappa shape index (κ2) is 7.97. The van der Waals surface area contributed by atoms with Crippen LogP contribution in [0.25, 0.3) is 5.52 Å². The van der Waals surface area contributed by atoms with E-state index in [9.17, 15) is 9.59 Å². The third-order valence-corrected chi connectivity index (χ3v) is 5.12. The van der Waals surface area contributed by atoms with E-state index < -0.39 is 24.6 Å². The van der Waals surface area contributed by atoms with Crippen LogP contribution in [0.2, 0.25) is 0 Å². The van der Waals surface area contributed by atoms with Crippen LogP contribution in [0.5, 0.6) is 5.75 Å². The minimum atomic E-state index is -1.07. The Labute approximate surface area is 167 Å². The third-order valence-electron chi connectivity index (χ3n) is 5.12. The molecule has 0 fully saturated rings. The normalized spacial score (nSPS) is 16.2. The molecule has 3 N–H and O–H groups in total. The Morgan fingerprint density at radius 2 is 2.00 bits per heavy atom. The first-order valence-electron chi connectivity index (χ1n) is 9.50. The molecule has 1 aromatic carbocycles. The highest BCUT2D eigenvalue weighted by molar-refractivity contribution is 5.86. The van der Waals surface area contributed by atoms with Crippen molar-refractivity contribution in [3.05, 3.63) is 71.0 Å². The number of hydrogen-bond donors (Lipinski definition) is 2. The molecule has 1 unspecified atom stereocenters. The summed E-state index contributed by atoms with van der Waals surface area (Å²) >= 11 is 0. The Balaban J connectivity index is 1.95. The van der Waals surface area contributed by atoms with E-state index in [2.05, 4.69) is 12.1 Å². The van der Waals surface area contributed by atoms with Crippen LogP contribution in [0.15, 0.2) is 48.7 Å². The second-order valence-corrected chi connectivity index (χ2v) is 7.03. The van der Waals surface area contributed by atoms with Gasteiger partial charge in [-0.3, -0.25) is 4.79 Å². The van der Waals surface area contributed by atoms with Crippen LogP contribution in [0.1, 0.15) is 34.9 Å².